The van der Waals surface area contributed by atoms with E-state index in [0.29, 0.717) is 17.2 Å². The number of hydrogen-bond acceptors (Lipinski definition) is 4. The zero-order chi connectivity index (χ0) is 14.5. The molecule has 2 rings (SSSR count). The predicted octanol–water partition coefficient (Wildman–Crippen LogP) is 3.03. The molecule has 2 N–H and O–H groups in total. The largest absolute Gasteiger partial charge is 0.493 e. The number of ether oxygens (including phenoxy) is 2. The summed E-state index contributed by atoms with van der Waals surface area (Å²) in [6, 6.07) is 12.5. The van der Waals surface area contributed by atoms with Crippen LogP contribution in [-0.4, -0.2) is 17.3 Å². The van der Waals surface area contributed by atoms with Gasteiger partial charge in [0.15, 0.2) is 11.5 Å². The lowest BCUT2D eigenvalue weighted by molar-refractivity contribution is 0.199. The van der Waals surface area contributed by atoms with Crippen molar-refractivity contribution < 1.29 is 19.7 Å². The fourth-order valence-electron chi connectivity index (χ4n) is 1.84. The fourth-order valence-corrected chi connectivity index (χ4v) is 1.84. The number of aliphatic hydroxyl groups excluding tert-OH is 2. The molecule has 0 saturated heterocycles. The van der Waals surface area contributed by atoms with Crippen LogP contribution in [0.3, 0.4) is 0 Å². The molecule has 0 heterocycles. The predicted molar refractivity (Wildman–Crippen MR) is 76.1 cm³/mol. The highest BCUT2D eigenvalue weighted by Crippen LogP contribution is 2.32. The molecule has 0 radical (unpaired) electrons. The van der Waals surface area contributed by atoms with Gasteiger partial charge in [-0.05, 0) is 42.3 Å². The van der Waals surface area contributed by atoms with Crippen molar-refractivity contribution in [2.24, 2.45) is 0 Å². The van der Waals surface area contributed by atoms with Gasteiger partial charge in [0, 0.05) is 0 Å². The van der Waals surface area contributed by atoms with E-state index >= 15 is 0 Å². The quantitative estimate of drug-likeness (QED) is 0.880. The second kappa shape index (κ2) is 6.41. The van der Waals surface area contributed by atoms with Gasteiger partial charge in [0.1, 0.15) is 5.75 Å². The van der Waals surface area contributed by atoms with Crippen LogP contribution < -0.4 is 9.47 Å². The van der Waals surface area contributed by atoms with Gasteiger partial charge >= 0.3 is 0 Å². The van der Waals surface area contributed by atoms with Crippen molar-refractivity contribution in [3.05, 3.63) is 53.6 Å². The van der Waals surface area contributed by atoms with Crippen LogP contribution >= 0.6 is 0 Å². The first-order chi connectivity index (χ1) is 9.63. The van der Waals surface area contributed by atoms with E-state index in [1.54, 1.807) is 44.4 Å². The van der Waals surface area contributed by atoms with Crippen LogP contribution in [0.25, 0.3) is 0 Å². The van der Waals surface area contributed by atoms with Gasteiger partial charge < -0.3 is 19.7 Å². The molecule has 2 aromatic rings. The molecule has 106 valence electrons. The van der Waals surface area contributed by atoms with Gasteiger partial charge in [0.2, 0.25) is 0 Å². The second-order valence-corrected chi connectivity index (χ2v) is 4.49. The van der Waals surface area contributed by atoms with Crippen molar-refractivity contribution in [2.75, 3.05) is 7.11 Å². The Morgan fingerprint density at radius 2 is 1.75 bits per heavy atom. The molecule has 0 aliphatic heterocycles. The minimum Gasteiger partial charge on any atom is -0.493 e. The Hall–Kier alpha value is -2.04. The molecule has 0 saturated carbocycles. The summed E-state index contributed by atoms with van der Waals surface area (Å²) in [7, 11) is 1.56. The first-order valence-electron chi connectivity index (χ1n) is 6.37. The maximum Gasteiger partial charge on any atom is 0.169 e. The minimum atomic E-state index is -0.498. The summed E-state index contributed by atoms with van der Waals surface area (Å²) in [5.74, 6) is 1.80. The van der Waals surface area contributed by atoms with E-state index in [1.165, 1.54) is 0 Å². The molecule has 0 bridgehead atoms. The molecule has 0 fully saturated rings. The molecule has 0 aliphatic rings. The van der Waals surface area contributed by atoms with Crippen LogP contribution in [0.15, 0.2) is 42.5 Å². The molecule has 4 nitrogen and oxygen atoms in total. The molecule has 0 aliphatic carbocycles. The normalized spacial score (nSPS) is 12.0. The highest BCUT2D eigenvalue weighted by molar-refractivity contribution is 5.45. The van der Waals surface area contributed by atoms with E-state index in [4.69, 9.17) is 14.6 Å². The third-order valence-electron chi connectivity index (χ3n) is 3.00. The Labute approximate surface area is 118 Å². The van der Waals surface area contributed by atoms with Gasteiger partial charge in [-0.2, -0.15) is 0 Å². The highest BCUT2D eigenvalue weighted by atomic mass is 16.5. The van der Waals surface area contributed by atoms with Crippen LogP contribution in [-0.2, 0) is 6.61 Å². The molecule has 2 aromatic carbocycles. The van der Waals surface area contributed by atoms with Crippen molar-refractivity contribution in [3.8, 4) is 17.2 Å². The van der Waals surface area contributed by atoms with Gasteiger partial charge in [-0.3, -0.25) is 0 Å². The molecule has 0 unspecified atom stereocenters. The monoisotopic (exact) mass is 274 g/mol. The minimum absolute atomic E-state index is 0.0419. The van der Waals surface area contributed by atoms with Gasteiger partial charge in [0.05, 0.1) is 19.8 Å². The lowest BCUT2D eigenvalue weighted by atomic mass is 10.1. The maximum absolute atomic E-state index is 9.46. The molecular weight excluding hydrogens is 256 g/mol. The number of rotatable bonds is 5. The number of methoxy groups -OCH3 is 1. The van der Waals surface area contributed by atoms with Crippen LogP contribution in [0, 0.1) is 0 Å². The van der Waals surface area contributed by atoms with E-state index in [1.807, 2.05) is 12.1 Å². The topological polar surface area (TPSA) is 58.9 Å². The third kappa shape index (κ3) is 3.29. The van der Waals surface area contributed by atoms with Crippen LogP contribution in [0.4, 0.5) is 0 Å². The van der Waals surface area contributed by atoms with Gasteiger partial charge in [-0.25, -0.2) is 0 Å². The molecule has 0 aromatic heterocycles. The molecule has 20 heavy (non-hydrogen) atoms. The Balaban J connectivity index is 2.20. The summed E-state index contributed by atoms with van der Waals surface area (Å²) in [5.41, 5.74) is 1.60. The number of aliphatic hydroxyl groups is 2. The van der Waals surface area contributed by atoms with E-state index in [9.17, 15) is 5.11 Å². The second-order valence-electron chi connectivity index (χ2n) is 4.49. The van der Waals surface area contributed by atoms with Crippen LogP contribution in [0.2, 0.25) is 0 Å². The van der Waals surface area contributed by atoms with Crippen molar-refractivity contribution in [1.82, 2.24) is 0 Å². The smallest absolute Gasteiger partial charge is 0.169 e. The summed E-state index contributed by atoms with van der Waals surface area (Å²) in [5, 5.41) is 18.6. The summed E-state index contributed by atoms with van der Waals surface area (Å²) < 4.78 is 11.0. The van der Waals surface area contributed by atoms with E-state index < -0.39 is 6.10 Å². The lowest BCUT2D eigenvalue weighted by Crippen LogP contribution is -1.94. The molecule has 4 heteroatoms. The van der Waals surface area contributed by atoms with E-state index in [-0.39, 0.29) is 6.61 Å². The Bertz CT molecular complexity index is 561. The SMILES string of the molecule is COc1cc(CO)ccc1Oc1ccc([C@@H](C)O)cc1. The third-order valence-corrected chi connectivity index (χ3v) is 3.00. The summed E-state index contributed by atoms with van der Waals surface area (Å²) in [4.78, 5) is 0. The van der Waals surface area contributed by atoms with Crippen molar-refractivity contribution >= 4 is 0 Å². The Kier molecular flexibility index (Phi) is 4.61. The molecular formula is C16H18O4. The van der Waals surface area contributed by atoms with Gasteiger partial charge in [0.25, 0.3) is 0 Å². The van der Waals surface area contributed by atoms with Crippen molar-refractivity contribution in [3.63, 3.8) is 0 Å². The zero-order valence-corrected chi connectivity index (χ0v) is 11.5. The van der Waals surface area contributed by atoms with E-state index in [0.717, 1.165) is 11.1 Å². The first-order valence-corrected chi connectivity index (χ1v) is 6.37. The number of benzene rings is 2. The summed E-state index contributed by atoms with van der Waals surface area (Å²) in [6.07, 6.45) is -0.498. The van der Waals surface area contributed by atoms with Crippen LogP contribution in [0.1, 0.15) is 24.2 Å². The standard InChI is InChI=1S/C16H18O4/c1-11(18)13-4-6-14(7-5-13)20-15-8-3-12(10-17)9-16(15)19-2/h3-9,11,17-18H,10H2,1-2H3/t11-/m1/s1. The van der Waals surface area contributed by atoms with Gasteiger partial charge in [-0.15, -0.1) is 0 Å². The Morgan fingerprint density at radius 1 is 1.05 bits per heavy atom. The van der Waals surface area contributed by atoms with E-state index in [2.05, 4.69) is 0 Å². The maximum atomic E-state index is 9.46. The van der Waals surface area contributed by atoms with Gasteiger partial charge in [-0.1, -0.05) is 18.2 Å². The van der Waals surface area contributed by atoms with Crippen LogP contribution in [0.5, 0.6) is 17.2 Å². The molecule has 1 atom stereocenters. The van der Waals surface area contributed by atoms with Crippen molar-refractivity contribution in [1.29, 1.82) is 0 Å². The number of hydrogen-bond donors (Lipinski definition) is 2. The average molecular weight is 274 g/mol. The summed E-state index contributed by atoms with van der Waals surface area (Å²) in [6.45, 7) is 1.67. The molecule has 0 amide bonds. The van der Waals surface area contributed by atoms with Crippen molar-refractivity contribution in [2.45, 2.75) is 19.6 Å². The summed E-state index contributed by atoms with van der Waals surface area (Å²) >= 11 is 0. The lowest BCUT2D eigenvalue weighted by Gasteiger charge is -2.12. The highest BCUT2D eigenvalue weighted by Gasteiger charge is 2.07. The molecule has 0 spiro atoms. The average Bonchev–Trinajstić information content (AvgIpc) is 2.48. The zero-order valence-electron chi connectivity index (χ0n) is 11.5. The Morgan fingerprint density at radius 3 is 2.30 bits per heavy atom. The fraction of sp³-hybridized carbons (Fsp3) is 0.250. The first kappa shape index (κ1) is 14.4.